The number of hydrogen-bond acceptors (Lipinski definition) is 5. The number of nitrogens with one attached hydrogen (secondary N) is 1. The van der Waals surface area contributed by atoms with Crippen molar-refractivity contribution in [3.63, 3.8) is 0 Å². The van der Waals surface area contributed by atoms with Crippen LogP contribution in [0.1, 0.15) is 12.8 Å². The van der Waals surface area contributed by atoms with Crippen LogP contribution in [0, 0.1) is 5.92 Å². The molecule has 1 aliphatic rings. The quantitative estimate of drug-likeness (QED) is 0.767. The fourth-order valence-corrected chi connectivity index (χ4v) is 2.54. The predicted molar refractivity (Wildman–Crippen MR) is 80.5 cm³/mol. The maximum Gasteiger partial charge on any atom is 0.214 e. The fraction of sp³-hybridized carbons (Fsp3) is 0.667. The van der Waals surface area contributed by atoms with Gasteiger partial charge in [0.1, 0.15) is 5.82 Å². The zero-order valence-corrected chi connectivity index (χ0v) is 12.5. The molecule has 1 aliphatic heterocycles. The number of methoxy groups -OCH3 is 2. The Morgan fingerprint density at radius 2 is 2.10 bits per heavy atom. The molecule has 0 saturated carbocycles. The van der Waals surface area contributed by atoms with Crippen molar-refractivity contribution < 1.29 is 9.47 Å². The monoisotopic (exact) mass is 279 g/mol. The van der Waals surface area contributed by atoms with E-state index in [0.29, 0.717) is 5.88 Å². The van der Waals surface area contributed by atoms with Crippen LogP contribution in [0.15, 0.2) is 18.2 Å². The summed E-state index contributed by atoms with van der Waals surface area (Å²) in [6, 6.07) is 5.94. The van der Waals surface area contributed by atoms with E-state index < -0.39 is 0 Å². The molecule has 0 radical (unpaired) electrons. The standard InChI is InChI=1S/C15H25N3O2/c1-19-11-8-16-12-13-6-9-18(10-7-13)14-4-3-5-15(17-14)20-2/h3-5,13,16H,6-12H2,1-2H3. The molecule has 0 amide bonds. The molecule has 0 aliphatic carbocycles. The molecule has 1 aromatic heterocycles. The third kappa shape index (κ3) is 4.35. The molecular weight excluding hydrogens is 254 g/mol. The summed E-state index contributed by atoms with van der Waals surface area (Å²) in [5.41, 5.74) is 0. The lowest BCUT2D eigenvalue weighted by Gasteiger charge is -2.33. The van der Waals surface area contributed by atoms with E-state index in [1.165, 1.54) is 12.8 Å². The van der Waals surface area contributed by atoms with Gasteiger partial charge in [-0.15, -0.1) is 0 Å². The van der Waals surface area contributed by atoms with E-state index in [-0.39, 0.29) is 0 Å². The molecule has 1 saturated heterocycles. The summed E-state index contributed by atoms with van der Waals surface area (Å²) in [5, 5.41) is 3.45. The third-order valence-electron chi connectivity index (χ3n) is 3.77. The van der Waals surface area contributed by atoms with Crippen LogP contribution in [-0.4, -0.2) is 52.0 Å². The highest BCUT2D eigenvalue weighted by molar-refractivity contribution is 5.41. The van der Waals surface area contributed by atoms with Gasteiger partial charge in [0, 0.05) is 32.8 Å². The van der Waals surface area contributed by atoms with Gasteiger partial charge in [0.15, 0.2) is 0 Å². The van der Waals surface area contributed by atoms with Crippen LogP contribution in [0.2, 0.25) is 0 Å². The summed E-state index contributed by atoms with van der Waals surface area (Å²) in [5.74, 6) is 2.47. The molecule has 5 heteroatoms. The van der Waals surface area contributed by atoms with Gasteiger partial charge in [0.2, 0.25) is 5.88 Å². The molecule has 5 nitrogen and oxygen atoms in total. The highest BCUT2D eigenvalue weighted by Gasteiger charge is 2.19. The first-order chi connectivity index (χ1) is 9.83. The van der Waals surface area contributed by atoms with E-state index in [4.69, 9.17) is 9.47 Å². The summed E-state index contributed by atoms with van der Waals surface area (Å²) < 4.78 is 10.2. The van der Waals surface area contributed by atoms with Crippen LogP contribution >= 0.6 is 0 Å². The summed E-state index contributed by atoms with van der Waals surface area (Å²) in [6.45, 7) is 4.94. The predicted octanol–water partition coefficient (Wildman–Crippen LogP) is 1.54. The number of rotatable bonds is 7. The van der Waals surface area contributed by atoms with Gasteiger partial charge in [-0.25, -0.2) is 0 Å². The fourth-order valence-electron chi connectivity index (χ4n) is 2.54. The van der Waals surface area contributed by atoms with Gasteiger partial charge in [-0.05, 0) is 31.4 Å². The third-order valence-corrected chi connectivity index (χ3v) is 3.77. The number of aromatic nitrogens is 1. The van der Waals surface area contributed by atoms with Crippen LogP contribution in [0.4, 0.5) is 5.82 Å². The Labute approximate surface area is 121 Å². The second-order valence-corrected chi connectivity index (χ2v) is 5.17. The molecule has 1 N–H and O–H groups in total. The minimum Gasteiger partial charge on any atom is -0.481 e. The summed E-state index contributed by atoms with van der Waals surface area (Å²) in [6.07, 6.45) is 2.41. The average molecular weight is 279 g/mol. The first-order valence-electron chi connectivity index (χ1n) is 7.29. The Kier molecular flexibility index (Phi) is 6.08. The van der Waals surface area contributed by atoms with Crippen molar-refractivity contribution >= 4 is 5.82 Å². The van der Waals surface area contributed by atoms with Crippen LogP contribution in [0.3, 0.4) is 0 Å². The molecule has 2 rings (SSSR count). The molecule has 20 heavy (non-hydrogen) atoms. The molecule has 112 valence electrons. The Bertz CT molecular complexity index is 392. The van der Waals surface area contributed by atoms with Crippen molar-refractivity contribution in [2.75, 3.05) is 51.9 Å². The molecule has 1 fully saturated rings. The zero-order chi connectivity index (χ0) is 14.2. The lowest BCUT2D eigenvalue weighted by atomic mass is 9.97. The SMILES string of the molecule is COCCNCC1CCN(c2cccc(OC)n2)CC1. The highest BCUT2D eigenvalue weighted by Crippen LogP contribution is 2.22. The van der Waals surface area contributed by atoms with Gasteiger partial charge < -0.3 is 19.7 Å². The van der Waals surface area contributed by atoms with Crippen molar-refractivity contribution in [1.29, 1.82) is 0 Å². The molecule has 0 atom stereocenters. The van der Waals surface area contributed by atoms with Crippen molar-refractivity contribution in [2.24, 2.45) is 5.92 Å². The minimum atomic E-state index is 0.686. The van der Waals surface area contributed by atoms with E-state index in [1.54, 1.807) is 14.2 Å². The largest absolute Gasteiger partial charge is 0.481 e. The van der Waals surface area contributed by atoms with E-state index in [1.807, 2.05) is 12.1 Å². The molecule has 0 aromatic carbocycles. The number of hydrogen-bond donors (Lipinski definition) is 1. The highest BCUT2D eigenvalue weighted by atomic mass is 16.5. The zero-order valence-electron chi connectivity index (χ0n) is 12.5. The Hall–Kier alpha value is -1.33. The van der Waals surface area contributed by atoms with Gasteiger partial charge in [-0.3, -0.25) is 0 Å². The smallest absolute Gasteiger partial charge is 0.214 e. The maximum atomic E-state index is 5.18. The van der Waals surface area contributed by atoms with Crippen LogP contribution in [0.5, 0.6) is 5.88 Å². The second kappa shape index (κ2) is 8.07. The topological polar surface area (TPSA) is 46.6 Å². The summed E-state index contributed by atoms with van der Waals surface area (Å²) >= 11 is 0. The molecule has 1 aromatic rings. The van der Waals surface area contributed by atoms with Crippen molar-refractivity contribution in [3.05, 3.63) is 18.2 Å². The molecular formula is C15H25N3O2. The molecule has 0 spiro atoms. The summed E-state index contributed by atoms with van der Waals surface area (Å²) in [4.78, 5) is 6.84. The van der Waals surface area contributed by atoms with Crippen molar-refractivity contribution in [3.8, 4) is 5.88 Å². The van der Waals surface area contributed by atoms with E-state index in [2.05, 4.69) is 21.3 Å². The number of anilines is 1. The molecule has 0 bridgehead atoms. The van der Waals surface area contributed by atoms with Gasteiger partial charge in [-0.1, -0.05) is 6.07 Å². The number of piperidine rings is 1. The lowest BCUT2D eigenvalue weighted by molar-refractivity contribution is 0.196. The van der Waals surface area contributed by atoms with E-state index in [9.17, 15) is 0 Å². The van der Waals surface area contributed by atoms with Gasteiger partial charge in [0.25, 0.3) is 0 Å². The molecule has 0 unspecified atom stereocenters. The Balaban J connectivity index is 1.76. The normalized spacial score (nSPS) is 16.4. The van der Waals surface area contributed by atoms with Gasteiger partial charge in [0.05, 0.1) is 13.7 Å². The van der Waals surface area contributed by atoms with Gasteiger partial charge >= 0.3 is 0 Å². The first kappa shape index (κ1) is 15.1. The van der Waals surface area contributed by atoms with Crippen molar-refractivity contribution in [1.82, 2.24) is 10.3 Å². The van der Waals surface area contributed by atoms with Crippen LogP contribution in [-0.2, 0) is 4.74 Å². The first-order valence-corrected chi connectivity index (χ1v) is 7.29. The average Bonchev–Trinajstić information content (AvgIpc) is 2.52. The minimum absolute atomic E-state index is 0.686. The van der Waals surface area contributed by atoms with Gasteiger partial charge in [-0.2, -0.15) is 4.98 Å². The Morgan fingerprint density at radius 3 is 2.80 bits per heavy atom. The number of ether oxygens (including phenoxy) is 2. The van der Waals surface area contributed by atoms with Crippen LogP contribution in [0.25, 0.3) is 0 Å². The van der Waals surface area contributed by atoms with E-state index >= 15 is 0 Å². The number of pyridine rings is 1. The number of nitrogens with zero attached hydrogens (tertiary/aromatic N) is 2. The summed E-state index contributed by atoms with van der Waals surface area (Å²) in [7, 11) is 3.39. The maximum absolute atomic E-state index is 5.18. The molecule has 2 heterocycles. The second-order valence-electron chi connectivity index (χ2n) is 5.17. The Morgan fingerprint density at radius 1 is 1.30 bits per heavy atom. The van der Waals surface area contributed by atoms with E-state index in [0.717, 1.165) is 44.5 Å². The van der Waals surface area contributed by atoms with Crippen LogP contribution < -0.4 is 15.0 Å². The lowest BCUT2D eigenvalue weighted by Crippen LogP contribution is -2.38. The van der Waals surface area contributed by atoms with Crippen molar-refractivity contribution in [2.45, 2.75) is 12.8 Å².